The summed E-state index contributed by atoms with van der Waals surface area (Å²) in [6.07, 6.45) is 11.1. The van der Waals surface area contributed by atoms with Crippen LogP contribution >= 0.6 is 0 Å². The van der Waals surface area contributed by atoms with E-state index >= 15 is 0 Å². The highest BCUT2D eigenvalue weighted by atomic mass is 16.6. The summed E-state index contributed by atoms with van der Waals surface area (Å²) in [6, 6.07) is 6.62. The normalized spacial score (nSPS) is 45.3. The maximum Gasteiger partial charge on any atom is 0.331 e. The third-order valence-electron chi connectivity index (χ3n) is 14.9. The number of hydrogen-bond donors (Lipinski definition) is 3. The van der Waals surface area contributed by atoms with Gasteiger partial charge in [0.05, 0.1) is 11.5 Å². The Morgan fingerprint density at radius 1 is 0.933 bits per heavy atom. The topological polar surface area (TPSA) is 104 Å². The molecule has 6 nitrogen and oxygen atoms in total. The average Bonchev–Trinajstić information content (AvgIpc) is 2.97. The van der Waals surface area contributed by atoms with E-state index in [1.165, 1.54) is 11.6 Å². The molecule has 6 rings (SSSR count). The number of benzene rings is 1. The Morgan fingerprint density at radius 2 is 1.62 bits per heavy atom. The van der Waals surface area contributed by atoms with Crippen LogP contribution < -0.4 is 0 Å². The lowest BCUT2D eigenvalue weighted by atomic mass is 9.33. The maximum atomic E-state index is 13.0. The summed E-state index contributed by atoms with van der Waals surface area (Å²) >= 11 is 0. The van der Waals surface area contributed by atoms with Crippen LogP contribution in [0.25, 0.3) is 6.08 Å². The highest BCUT2D eigenvalue weighted by molar-refractivity contribution is 5.87. The van der Waals surface area contributed by atoms with E-state index < -0.39 is 35.0 Å². The number of esters is 1. The Kier molecular flexibility index (Phi) is 7.70. The van der Waals surface area contributed by atoms with Crippen LogP contribution in [0.1, 0.15) is 105 Å². The Hall–Kier alpha value is -2.60. The molecule has 0 bridgehead atoms. The van der Waals surface area contributed by atoms with E-state index in [1.807, 2.05) is 0 Å². The monoisotopic (exact) mass is 618 g/mol. The number of carbonyl (C=O) groups is 2. The van der Waals surface area contributed by atoms with Gasteiger partial charge in [0.2, 0.25) is 0 Å². The third kappa shape index (κ3) is 4.58. The minimum absolute atomic E-state index is 0.0143. The fraction of sp³-hybridized carbons (Fsp3) is 0.692. The van der Waals surface area contributed by atoms with E-state index in [4.69, 9.17) is 4.74 Å². The Balaban J connectivity index is 1.29. The molecule has 4 fully saturated rings. The molecule has 0 aromatic heterocycles. The zero-order valence-corrected chi connectivity index (χ0v) is 28.3. The summed E-state index contributed by atoms with van der Waals surface area (Å²) in [7, 11) is 0. The second kappa shape index (κ2) is 10.7. The van der Waals surface area contributed by atoms with Crippen LogP contribution in [0, 0.1) is 56.7 Å². The van der Waals surface area contributed by atoms with Gasteiger partial charge in [-0.3, -0.25) is 4.79 Å². The smallest absolute Gasteiger partial charge is 0.331 e. The van der Waals surface area contributed by atoms with Crippen LogP contribution in [-0.2, 0) is 14.3 Å². The molecule has 4 saturated carbocycles. The Labute approximate surface area is 269 Å². The van der Waals surface area contributed by atoms with Gasteiger partial charge in [0.15, 0.2) is 0 Å². The van der Waals surface area contributed by atoms with Crippen molar-refractivity contribution in [1.82, 2.24) is 0 Å². The van der Waals surface area contributed by atoms with E-state index in [-0.39, 0.29) is 33.8 Å². The third-order valence-corrected chi connectivity index (χ3v) is 14.9. The second-order valence-electron chi connectivity index (χ2n) is 17.0. The van der Waals surface area contributed by atoms with Crippen molar-refractivity contribution in [3.63, 3.8) is 0 Å². The first-order valence-corrected chi connectivity index (χ1v) is 17.3. The number of carboxylic acids is 1. The molecule has 0 saturated heterocycles. The fourth-order valence-electron chi connectivity index (χ4n) is 12.1. The van der Waals surface area contributed by atoms with Crippen molar-refractivity contribution in [2.45, 2.75) is 112 Å². The van der Waals surface area contributed by atoms with Gasteiger partial charge in [-0.25, -0.2) is 4.79 Å². The molecule has 5 aliphatic rings. The zero-order valence-electron chi connectivity index (χ0n) is 28.3. The van der Waals surface area contributed by atoms with E-state index in [0.29, 0.717) is 24.2 Å². The van der Waals surface area contributed by atoms with Gasteiger partial charge in [0, 0.05) is 11.5 Å². The van der Waals surface area contributed by atoms with Crippen molar-refractivity contribution in [2.24, 2.45) is 56.7 Å². The minimum atomic E-state index is -0.780. The molecule has 5 aliphatic carbocycles. The lowest BCUT2D eigenvalue weighted by molar-refractivity contribution is -0.238. The molecule has 6 heteroatoms. The van der Waals surface area contributed by atoms with Crippen molar-refractivity contribution in [1.29, 1.82) is 0 Å². The molecular weight excluding hydrogens is 564 g/mol. The first-order chi connectivity index (χ1) is 21.0. The van der Waals surface area contributed by atoms with E-state index in [0.717, 1.165) is 50.5 Å². The van der Waals surface area contributed by atoms with E-state index in [1.54, 1.807) is 30.3 Å². The van der Waals surface area contributed by atoms with Gasteiger partial charge < -0.3 is 20.1 Å². The summed E-state index contributed by atoms with van der Waals surface area (Å²) in [6.45, 7) is 16.2. The van der Waals surface area contributed by atoms with Crippen LogP contribution in [0.5, 0.6) is 5.75 Å². The molecule has 0 unspecified atom stereocenters. The van der Waals surface area contributed by atoms with Gasteiger partial charge in [0.25, 0.3) is 0 Å². The molecule has 11 atom stereocenters. The molecule has 3 N–H and O–H groups in total. The summed E-state index contributed by atoms with van der Waals surface area (Å²) in [4.78, 5) is 26.0. The summed E-state index contributed by atoms with van der Waals surface area (Å²) in [5.74, 6) is 0.617. The van der Waals surface area contributed by atoms with Crippen molar-refractivity contribution in [3.05, 3.63) is 47.6 Å². The standard InChI is InChI=1S/C39H54O6/c1-23-16-19-39(34(43)44)21-20-37(6)27(32(39)24(23)2)13-14-30-36(5)22-28(41)33(35(3,4)29(36)17-18-38(30,37)7)45-31(42)15-10-25-8-11-26(40)12-9-25/h8-13,15,23-24,28-30,32-33,40-41H,14,16-22H2,1-7H3,(H,43,44)/b15-10+/t23-,24+,28-,29+,30+,32+,33+,36+,37-,38-,39+/m1/s1. The van der Waals surface area contributed by atoms with Crippen molar-refractivity contribution < 1.29 is 29.6 Å². The number of aliphatic carboxylic acids is 1. The number of phenolic OH excluding ortho intramolecular Hbond substituents is 1. The van der Waals surface area contributed by atoms with Crippen LogP contribution in [0.2, 0.25) is 0 Å². The SMILES string of the molecule is C[C@H]1[C@H](C)CC[C@]2(C(=O)O)CC[C@]3(C)C(=CC[C@H]4[C@@]5(C)C[C@@H](O)[C@H](OC(=O)/C=C/c6ccc(O)cc6)C(C)(C)[C@@H]5CC[C@]43C)[C@H]12. The number of fused-ring (bicyclic) bond motifs is 7. The van der Waals surface area contributed by atoms with Crippen molar-refractivity contribution in [3.8, 4) is 5.75 Å². The Bertz CT molecular complexity index is 1410. The number of allylic oxidation sites excluding steroid dienone is 2. The fourth-order valence-corrected chi connectivity index (χ4v) is 12.1. The van der Waals surface area contributed by atoms with Crippen LogP contribution in [0.15, 0.2) is 42.0 Å². The molecule has 45 heavy (non-hydrogen) atoms. The number of aromatic hydroxyl groups is 1. The van der Waals surface area contributed by atoms with Gasteiger partial charge in [0.1, 0.15) is 11.9 Å². The summed E-state index contributed by atoms with van der Waals surface area (Å²) in [5.41, 5.74) is 0.857. The van der Waals surface area contributed by atoms with Crippen molar-refractivity contribution >= 4 is 18.0 Å². The van der Waals surface area contributed by atoms with Gasteiger partial charge in [-0.15, -0.1) is 0 Å². The van der Waals surface area contributed by atoms with Gasteiger partial charge in [-0.1, -0.05) is 72.2 Å². The molecular formula is C39H54O6. The Morgan fingerprint density at radius 3 is 2.29 bits per heavy atom. The first-order valence-electron chi connectivity index (χ1n) is 17.3. The van der Waals surface area contributed by atoms with E-state index in [9.17, 15) is 24.9 Å². The average molecular weight is 619 g/mol. The molecule has 1 aromatic carbocycles. The highest BCUT2D eigenvalue weighted by Crippen LogP contribution is 2.75. The number of aliphatic hydroxyl groups is 1. The largest absolute Gasteiger partial charge is 0.508 e. The van der Waals surface area contributed by atoms with Crippen LogP contribution in [-0.4, -0.2) is 39.5 Å². The number of hydrogen-bond acceptors (Lipinski definition) is 5. The molecule has 0 heterocycles. The van der Waals surface area contributed by atoms with Gasteiger partial charge in [-0.2, -0.15) is 0 Å². The molecule has 0 aliphatic heterocycles. The molecule has 0 spiro atoms. The number of ether oxygens (including phenoxy) is 1. The minimum Gasteiger partial charge on any atom is -0.508 e. The molecule has 246 valence electrons. The number of carboxylic acid groups (broad SMARTS) is 1. The van der Waals surface area contributed by atoms with E-state index in [2.05, 4.69) is 54.5 Å². The number of rotatable bonds is 4. The molecule has 0 amide bonds. The summed E-state index contributed by atoms with van der Waals surface area (Å²) in [5, 5.41) is 32.0. The lowest BCUT2D eigenvalue weighted by Crippen LogP contribution is -2.67. The maximum absolute atomic E-state index is 13.0. The van der Waals surface area contributed by atoms with Crippen LogP contribution in [0.3, 0.4) is 0 Å². The predicted molar refractivity (Wildman–Crippen MR) is 175 cm³/mol. The molecule has 1 aromatic rings. The first kappa shape index (κ1) is 32.3. The number of carbonyl (C=O) groups excluding carboxylic acids is 1. The predicted octanol–water partition coefficient (Wildman–Crippen LogP) is 8.03. The van der Waals surface area contributed by atoms with Crippen LogP contribution in [0.4, 0.5) is 0 Å². The highest BCUT2D eigenvalue weighted by Gasteiger charge is 2.70. The van der Waals surface area contributed by atoms with Gasteiger partial charge in [-0.05, 0) is 121 Å². The summed E-state index contributed by atoms with van der Waals surface area (Å²) < 4.78 is 6.05. The lowest BCUT2D eigenvalue weighted by Gasteiger charge is -2.71. The number of aliphatic hydroxyl groups excluding tert-OH is 1. The quantitative estimate of drug-likeness (QED) is 0.179. The zero-order chi connectivity index (χ0) is 32.7. The second-order valence-corrected chi connectivity index (χ2v) is 17.0. The molecule has 0 radical (unpaired) electrons. The van der Waals surface area contributed by atoms with Crippen molar-refractivity contribution in [2.75, 3.05) is 0 Å². The van der Waals surface area contributed by atoms with Gasteiger partial charge >= 0.3 is 11.9 Å². The number of phenols is 1.